The van der Waals surface area contributed by atoms with Gasteiger partial charge in [-0.25, -0.2) is 4.79 Å². The summed E-state index contributed by atoms with van der Waals surface area (Å²) in [7, 11) is 1.31. The smallest absolute Gasteiger partial charge is 0.348 e. The number of hydrogen-bond donors (Lipinski definition) is 1. The van der Waals surface area contributed by atoms with Crippen molar-refractivity contribution in [3.8, 4) is 11.5 Å². The molecule has 0 radical (unpaired) electrons. The zero-order valence-electron chi connectivity index (χ0n) is 12.6. The van der Waals surface area contributed by atoms with Crippen LogP contribution in [0.4, 0.5) is 5.00 Å². The van der Waals surface area contributed by atoms with Crippen LogP contribution in [0.15, 0.2) is 36.4 Å². The number of rotatable bonds is 3. The summed E-state index contributed by atoms with van der Waals surface area (Å²) in [6.07, 6.45) is -1.20. The van der Waals surface area contributed by atoms with Gasteiger partial charge >= 0.3 is 5.97 Å². The van der Waals surface area contributed by atoms with Gasteiger partial charge in [0.2, 0.25) is 6.10 Å². The van der Waals surface area contributed by atoms with Crippen molar-refractivity contribution in [2.24, 2.45) is 0 Å². The number of carbonyl (C=O) groups is 2. The van der Waals surface area contributed by atoms with Gasteiger partial charge < -0.3 is 19.5 Å². The first-order chi connectivity index (χ1) is 11.1. The molecule has 1 aromatic heterocycles. The molecule has 2 heterocycles. The van der Waals surface area contributed by atoms with E-state index >= 15 is 0 Å². The van der Waals surface area contributed by atoms with Gasteiger partial charge in [-0.3, -0.25) is 4.79 Å². The van der Waals surface area contributed by atoms with Crippen molar-refractivity contribution in [1.29, 1.82) is 0 Å². The van der Waals surface area contributed by atoms with Crippen molar-refractivity contribution in [2.45, 2.75) is 19.1 Å². The molecule has 6 nitrogen and oxygen atoms in total. The first kappa shape index (κ1) is 15.4. The molecule has 120 valence electrons. The molecule has 0 bridgehead atoms. The van der Waals surface area contributed by atoms with Gasteiger partial charge in [-0.1, -0.05) is 12.1 Å². The Morgan fingerprint density at radius 3 is 2.52 bits per heavy atom. The van der Waals surface area contributed by atoms with Crippen LogP contribution in [-0.4, -0.2) is 31.2 Å². The number of esters is 1. The molecule has 1 aromatic carbocycles. The highest BCUT2D eigenvalue weighted by molar-refractivity contribution is 7.18. The summed E-state index contributed by atoms with van der Waals surface area (Å²) in [6, 6.07) is 10.5. The van der Waals surface area contributed by atoms with E-state index in [9.17, 15) is 9.59 Å². The molecule has 0 saturated carbocycles. The van der Waals surface area contributed by atoms with Crippen LogP contribution >= 0.6 is 11.3 Å². The van der Waals surface area contributed by atoms with Gasteiger partial charge in [0, 0.05) is 0 Å². The zero-order chi connectivity index (χ0) is 16.4. The number of amides is 1. The minimum atomic E-state index is -0.770. The second-order valence-corrected chi connectivity index (χ2v) is 6.04. The van der Waals surface area contributed by atoms with E-state index in [1.807, 2.05) is 12.1 Å². The van der Waals surface area contributed by atoms with E-state index in [2.05, 4.69) is 10.1 Å². The molecule has 1 N–H and O–H groups in total. The number of thiophene rings is 1. The summed E-state index contributed by atoms with van der Waals surface area (Å²) in [5.74, 6) is 0.389. The summed E-state index contributed by atoms with van der Waals surface area (Å²) in [5.41, 5.74) is 0. The summed E-state index contributed by atoms with van der Waals surface area (Å²) in [5, 5.41) is 3.29. The number of para-hydroxylation sites is 2. The lowest BCUT2D eigenvalue weighted by atomic mass is 10.1. The van der Waals surface area contributed by atoms with Crippen molar-refractivity contribution >= 4 is 28.2 Å². The largest absolute Gasteiger partial charge is 0.482 e. The summed E-state index contributed by atoms with van der Waals surface area (Å²) in [6.45, 7) is 1.77. The predicted octanol–water partition coefficient (Wildman–Crippen LogP) is 2.70. The minimum Gasteiger partial charge on any atom is -0.482 e. The van der Waals surface area contributed by atoms with Gasteiger partial charge in [0.05, 0.1) is 12.1 Å². The molecule has 0 saturated heterocycles. The molecular formula is C16H15NO5S. The Hall–Kier alpha value is -2.54. The maximum Gasteiger partial charge on any atom is 0.348 e. The predicted molar refractivity (Wildman–Crippen MR) is 85.2 cm³/mol. The highest BCUT2D eigenvalue weighted by Gasteiger charge is 2.34. The fourth-order valence-corrected chi connectivity index (χ4v) is 3.04. The van der Waals surface area contributed by atoms with E-state index in [0.717, 1.165) is 11.3 Å². The third-order valence-corrected chi connectivity index (χ3v) is 4.32. The molecule has 0 fully saturated rings. The Kier molecular flexibility index (Phi) is 4.20. The number of carbonyl (C=O) groups excluding carboxylic acids is 2. The number of anilines is 1. The van der Waals surface area contributed by atoms with Crippen LogP contribution in [0.2, 0.25) is 0 Å². The van der Waals surface area contributed by atoms with Crippen molar-refractivity contribution in [1.82, 2.24) is 0 Å². The van der Waals surface area contributed by atoms with Crippen molar-refractivity contribution in [3.63, 3.8) is 0 Å². The molecule has 0 spiro atoms. The fourth-order valence-electron chi connectivity index (χ4n) is 2.21. The lowest BCUT2D eigenvalue weighted by Gasteiger charge is -2.30. The van der Waals surface area contributed by atoms with Crippen molar-refractivity contribution in [2.75, 3.05) is 12.4 Å². The zero-order valence-corrected chi connectivity index (χ0v) is 13.4. The third kappa shape index (κ3) is 3.14. The molecule has 3 rings (SSSR count). The molecule has 1 amide bonds. The second kappa shape index (κ2) is 6.29. The summed E-state index contributed by atoms with van der Waals surface area (Å²) < 4.78 is 16.1. The number of methoxy groups -OCH3 is 1. The number of benzene rings is 1. The highest BCUT2D eigenvalue weighted by atomic mass is 32.1. The molecule has 23 heavy (non-hydrogen) atoms. The molecule has 1 aliphatic heterocycles. The Morgan fingerprint density at radius 2 is 1.83 bits per heavy atom. The lowest BCUT2D eigenvalue weighted by Crippen LogP contribution is -2.46. The number of fused-ring (bicyclic) bond motifs is 1. The number of hydrogen-bond acceptors (Lipinski definition) is 6. The van der Waals surface area contributed by atoms with Crippen LogP contribution < -0.4 is 14.8 Å². The minimum absolute atomic E-state index is 0.328. The topological polar surface area (TPSA) is 73.9 Å². The summed E-state index contributed by atoms with van der Waals surface area (Å²) in [4.78, 5) is 24.3. The van der Waals surface area contributed by atoms with E-state index in [1.165, 1.54) is 7.11 Å². The Labute approximate surface area is 137 Å². The number of nitrogens with one attached hydrogen (secondary N) is 1. The average Bonchev–Trinajstić information content (AvgIpc) is 3.01. The summed E-state index contributed by atoms with van der Waals surface area (Å²) >= 11 is 1.14. The van der Waals surface area contributed by atoms with Crippen molar-refractivity contribution in [3.05, 3.63) is 41.3 Å². The van der Waals surface area contributed by atoms with Crippen LogP contribution in [0.25, 0.3) is 0 Å². The van der Waals surface area contributed by atoms with E-state index in [-0.39, 0.29) is 5.91 Å². The third-order valence-electron chi connectivity index (χ3n) is 3.34. The standard InChI is InChI=1S/C16H15NO5S/c1-9-14(22-11-6-4-3-5-10(11)21-9)15(18)17-13-8-7-12(23-13)16(19)20-2/h3-9,14H,1-2H3,(H,17,18)/t9-,14+/m1/s1. The molecule has 2 atom stereocenters. The van der Waals surface area contributed by atoms with E-state index in [1.54, 1.807) is 31.2 Å². The van der Waals surface area contributed by atoms with Gasteiger partial charge in [-0.05, 0) is 31.2 Å². The maximum absolute atomic E-state index is 12.4. The van der Waals surface area contributed by atoms with Crippen molar-refractivity contribution < 1.29 is 23.8 Å². The molecule has 0 aliphatic carbocycles. The first-order valence-corrected chi connectivity index (χ1v) is 7.81. The van der Waals surface area contributed by atoms with Gasteiger partial charge in [0.15, 0.2) is 11.5 Å². The van der Waals surface area contributed by atoms with Crippen LogP contribution in [-0.2, 0) is 9.53 Å². The molecular weight excluding hydrogens is 318 g/mol. The monoisotopic (exact) mass is 333 g/mol. The van der Waals surface area contributed by atoms with Crippen LogP contribution in [0.3, 0.4) is 0 Å². The Morgan fingerprint density at radius 1 is 1.13 bits per heavy atom. The van der Waals surface area contributed by atoms with Gasteiger partial charge in [0.1, 0.15) is 11.0 Å². The first-order valence-electron chi connectivity index (χ1n) is 7.00. The molecule has 0 unspecified atom stereocenters. The molecule has 2 aromatic rings. The highest BCUT2D eigenvalue weighted by Crippen LogP contribution is 2.34. The second-order valence-electron chi connectivity index (χ2n) is 4.95. The normalized spacial score (nSPS) is 19.0. The van der Waals surface area contributed by atoms with Gasteiger partial charge in [0.25, 0.3) is 5.91 Å². The SMILES string of the molecule is COC(=O)c1ccc(NC(=O)[C@H]2Oc3ccccc3O[C@@H]2C)s1. The van der Waals surface area contributed by atoms with Crippen LogP contribution in [0.1, 0.15) is 16.6 Å². The fraction of sp³-hybridized carbons (Fsp3) is 0.250. The average molecular weight is 333 g/mol. The van der Waals surface area contributed by atoms with Gasteiger partial charge in [-0.15, -0.1) is 11.3 Å². The van der Waals surface area contributed by atoms with E-state index in [0.29, 0.717) is 21.4 Å². The lowest BCUT2D eigenvalue weighted by molar-refractivity contribution is -0.127. The maximum atomic E-state index is 12.4. The van der Waals surface area contributed by atoms with E-state index in [4.69, 9.17) is 9.47 Å². The van der Waals surface area contributed by atoms with Crippen LogP contribution in [0.5, 0.6) is 11.5 Å². The number of ether oxygens (including phenoxy) is 3. The Balaban J connectivity index is 1.71. The van der Waals surface area contributed by atoms with Crippen LogP contribution in [0, 0.1) is 0 Å². The quantitative estimate of drug-likeness (QED) is 0.874. The Bertz CT molecular complexity index is 742. The molecule has 7 heteroatoms. The van der Waals surface area contributed by atoms with E-state index < -0.39 is 18.2 Å². The van der Waals surface area contributed by atoms with Gasteiger partial charge in [-0.2, -0.15) is 0 Å². The molecule has 1 aliphatic rings.